The lowest BCUT2D eigenvalue weighted by atomic mass is 10.1. The van der Waals surface area contributed by atoms with Crippen LogP contribution in [0, 0.1) is 6.92 Å². The van der Waals surface area contributed by atoms with Gasteiger partial charge in [-0.1, -0.05) is 48.9 Å². The molecule has 0 aliphatic carbocycles. The maximum absolute atomic E-state index is 12.9. The van der Waals surface area contributed by atoms with Crippen molar-refractivity contribution in [2.24, 2.45) is 0 Å². The molecule has 27 heavy (non-hydrogen) atoms. The summed E-state index contributed by atoms with van der Waals surface area (Å²) in [4.78, 5) is 26.7. The lowest BCUT2D eigenvalue weighted by Crippen LogP contribution is -2.49. The second-order valence-electron chi connectivity index (χ2n) is 6.26. The average molecular weight is 389 g/mol. The minimum Gasteiger partial charge on any atom is -0.484 e. The Balaban J connectivity index is 2.20. The summed E-state index contributed by atoms with van der Waals surface area (Å²) >= 11 is 6.25. The largest absolute Gasteiger partial charge is 0.484 e. The molecule has 6 heteroatoms. The fraction of sp³-hybridized carbons (Fsp3) is 0.333. The maximum atomic E-state index is 12.9. The number of hydrogen-bond donors (Lipinski definition) is 1. The van der Waals surface area contributed by atoms with Crippen LogP contribution in [0.1, 0.15) is 24.5 Å². The van der Waals surface area contributed by atoms with Crippen molar-refractivity contribution >= 4 is 23.4 Å². The Hall–Kier alpha value is -2.53. The maximum Gasteiger partial charge on any atom is 0.261 e. The Morgan fingerprint density at radius 1 is 1.19 bits per heavy atom. The van der Waals surface area contributed by atoms with Crippen LogP contribution in [0.2, 0.25) is 5.02 Å². The van der Waals surface area contributed by atoms with E-state index in [0.717, 1.165) is 11.1 Å². The van der Waals surface area contributed by atoms with Crippen LogP contribution in [0.25, 0.3) is 0 Å². The molecule has 0 saturated carbocycles. The zero-order valence-corrected chi connectivity index (χ0v) is 16.6. The van der Waals surface area contributed by atoms with Crippen LogP contribution in [0.15, 0.2) is 48.5 Å². The van der Waals surface area contributed by atoms with Gasteiger partial charge in [0.25, 0.3) is 5.91 Å². The average Bonchev–Trinajstić information content (AvgIpc) is 2.67. The van der Waals surface area contributed by atoms with Crippen molar-refractivity contribution < 1.29 is 14.3 Å². The summed E-state index contributed by atoms with van der Waals surface area (Å²) in [5, 5.41) is 3.18. The van der Waals surface area contributed by atoms with E-state index in [1.165, 1.54) is 4.90 Å². The van der Waals surface area contributed by atoms with E-state index in [-0.39, 0.29) is 25.0 Å². The standard InChI is InChI=1S/C21H25ClN2O3/c1-4-19(21(26)23-3)24(13-16-9-5-6-11-18(16)22)20(25)14-27-17-10-7-8-15(2)12-17/h5-12,19H,4,13-14H2,1-3H3,(H,23,26). The summed E-state index contributed by atoms with van der Waals surface area (Å²) in [5.41, 5.74) is 1.83. The number of amides is 2. The molecule has 0 aromatic heterocycles. The van der Waals surface area contributed by atoms with E-state index in [0.29, 0.717) is 17.2 Å². The molecule has 0 aliphatic rings. The van der Waals surface area contributed by atoms with Crippen molar-refractivity contribution in [3.8, 4) is 5.75 Å². The fourth-order valence-corrected chi connectivity index (χ4v) is 3.02. The first-order valence-corrected chi connectivity index (χ1v) is 9.28. The van der Waals surface area contributed by atoms with Crippen LogP contribution in [0.4, 0.5) is 0 Å². The Bertz CT molecular complexity index is 795. The van der Waals surface area contributed by atoms with Crippen LogP contribution in [0.5, 0.6) is 5.75 Å². The fourth-order valence-electron chi connectivity index (χ4n) is 2.83. The zero-order chi connectivity index (χ0) is 19.8. The lowest BCUT2D eigenvalue weighted by molar-refractivity contribution is -0.142. The molecule has 1 unspecified atom stereocenters. The molecule has 2 aromatic carbocycles. The van der Waals surface area contributed by atoms with Gasteiger partial charge in [0.1, 0.15) is 11.8 Å². The SMILES string of the molecule is CCC(C(=O)NC)N(Cc1ccccc1Cl)C(=O)COc1cccc(C)c1. The summed E-state index contributed by atoms with van der Waals surface area (Å²) in [6.45, 7) is 3.91. The van der Waals surface area contributed by atoms with Gasteiger partial charge < -0.3 is 15.0 Å². The molecule has 0 heterocycles. The Labute approximate surface area is 165 Å². The Morgan fingerprint density at radius 3 is 2.56 bits per heavy atom. The van der Waals surface area contributed by atoms with Gasteiger partial charge in [-0.2, -0.15) is 0 Å². The van der Waals surface area contributed by atoms with Crippen molar-refractivity contribution in [3.63, 3.8) is 0 Å². The van der Waals surface area contributed by atoms with Gasteiger partial charge in [0.15, 0.2) is 6.61 Å². The van der Waals surface area contributed by atoms with E-state index >= 15 is 0 Å². The van der Waals surface area contributed by atoms with Crippen molar-refractivity contribution in [1.29, 1.82) is 0 Å². The number of halogens is 1. The summed E-state index contributed by atoms with van der Waals surface area (Å²) in [5.74, 6) is 0.134. The second-order valence-corrected chi connectivity index (χ2v) is 6.66. The van der Waals surface area contributed by atoms with Gasteiger partial charge in [-0.15, -0.1) is 0 Å². The monoisotopic (exact) mass is 388 g/mol. The molecule has 2 aromatic rings. The van der Waals surface area contributed by atoms with Gasteiger partial charge >= 0.3 is 0 Å². The van der Waals surface area contributed by atoms with Crippen LogP contribution < -0.4 is 10.1 Å². The van der Waals surface area contributed by atoms with Crippen molar-refractivity contribution in [1.82, 2.24) is 10.2 Å². The number of nitrogens with zero attached hydrogens (tertiary/aromatic N) is 1. The molecule has 2 rings (SSSR count). The predicted molar refractivity (Wildman–Crippen MR) is 107 cm³/mol. The van der Waals surface area contributed by atoms with Gasteiger partial charge in [-0.25, -0.2) is 0 Å². The number of rotatable bonds is 8. The summed E-state index contributed by atoms with van der Waals surface area (Å²) in [7, 11) is 1.56. The third kappa shape index (κ3) is 5.73. The molecule has 0 saturated heterocycles. The Morgan fingerprint density at radius 2 is 1.93 bits per heavy atom. The molecule has 1 atom stereocenters. The van der Waals surface area contributed by atoms with Crippen LogP contribution in [-0.4, -0.2) is 36.4 Å². The normalized spacial score (nSPS) is 11.6. The molecular formula is C21H25ClN2O3. The van der Waals surface area contributed by atoms with Gasteiger partial charge in [-0.3, -0.25) is 9.59 Å². The van der Waals surface area contributed by atoms with E-state index in [1.807, 2.05) is 50.2 Å². The van der Waals surface area contributed by atoms with Crippen LogP contribution in [0.3, 0.4) is 0 Å². The highest BCUT2D eigenvalue weighted by atomic mass is 35.5. The van der Waals surface area contributed by atoms with Crippen LogP contribution >= 0.6 is 11.6 Å². The highest BCUT2D eigenvalue weighted by Gasteiger charge is 2.28. The third-order valence-electron chi connectivity index (χ3n) is 4.28. The van der Waals surface area contributed by atoms with Gasteiger partial charge in [0.2, 0.25) is 5.91 Å². The molecule has 144 valence electrons. The smallest absolute Gasteiger partial charge is 0.261 e. The van der Waals surface area contributed by atoms with Crippen molar-refractivity contribution in [2.75, 3.05) is 13.7 Å². The number of ether oxygens (including phenoxy) is 1. The molecular weight excluding hydrogens is 364 g/mol. The first-order valence-electron chi connectivity index (χ1n) is 8.90. The summed E-state index contributed by atoms with van der Waals surface area (Å²) in [6.07, 6.45) is 0.486. The van der Waals surface area contributed by atoms with Gasteiger partial charge in [0, 0.05) is 18.6 Å². The molecule has 0 aliphatic heterocycles. The molecule has 0 spiro atoms. The van der Waals surface area contributed by atoms with Gasteiger partial charge in [0.05, 0.1) is 0 Å². The number of benzene rings is 2. The predicted octanol–water partition coefficient (Wildman–Crippen LogP) is 3.58. The number of aryl methyl sites for hydroxylation is 1. The number of likely N-dealkylation sites (N-methyl/N-ethyl adjacent to an activating group) is 1. The Kier molecular flexibility index (Phi) is 7.67. The van der Waals surface area contributed by atoms with E-state index in [2.05, 4.69) is 5.32 Å². The number of carbonyl (C=O) groups is 2. The first kappa shape index (κ1) is 20.8. The molecule has 2 amide bonds. The summed E-state index contributed by atoms with van der Waals surface area (Å²) in [6, 6.07) is 14.2. The molecule has 5 nitrogen and oxygen atoms in total. The number of carbonyl (C=O) groups excluding carboxylic acids is 2. The minimum atomic E-state index is -0.597. The molecule has 0 fully saturated rings. The minimum absolute atomic E-state index is 0.151. The highest BCUT2D eigenvalue weighted by molar-refractivity contribution is 6.31. The molecule has 1 N–H and O–H groups in total. The molecule has 0 bridgehead atoms. The van der Waals surface area contributed by atoms with E-state index in [9.17, 15) is 9.59 Å². The first-order chi connectivity index (χ1) is 13.0. The van der Waals surface area contributed by atoms with E-state index in [4.69, 9.17) is 16.3 Å². The lowest BCUT2D eigenvalue weighted by Gasteiger charge is -2.30. The van der Waals surface area contributed by atoms with Gasteiger partial charge in [-0.05, 0) is 42.7 Å². The quantitative estimate of drug-likeness (QED) is 0.751. The van der Waals surface area contributed by atoms with Crippen molar-refractivity contribution in [3.05, 3.63) is 64.7 Å². The third-order valence-corrected chi connectivity index (χ3v) is 4.65. The number of nitrogens with one attached hydrogen (secondary N) is 1. The highest BCUT2D eigenvalue weighted by Crippen LogP contribution is 2.20. The van der Waals surface area contributed by atoms with E-state index < -0.39 is 6.04 Å². The van der Waals surface area contributed by atoms with E-state index in [1.54, 1.807) is 19.2 Å². The molecule has 0 radical (unpaired) electrons. The van der Waals surface area contributed by atoms with Crippen molar-refractivity contribution in [2.45, 2.75) is 32.9 Å². The zero-order valence-electron chi connectivity index (χ0n) is 15.9. The summed E-state index contributed by atoms with van der Waals surface area (Å²) < 4.78 is 5.65. The number of hydrogen-bond acceptors (Lipinski definition) is 3. The topological polar surface area (TPSA) is 58.6 Å². The second kappa shape index (κ2) is 9.97. The van der Waals surface area contributed by atoms with Crippen LogP contribution in [-0.2, 0) is 16.1 Å².